The Bertz CT molecular complexity index is 1130. The van der Waals surface area contributed by atoms with Gasteiger partial charge >= 0.3 is 0 Å². The summed E-state index contributed by atoms with van der Waals surface area (Å²) >= 11 is 0. The van der Waals surface area contributed by atoms with E-state index in [4.69, 9.17) is 9.94 Å². The quantitative estimate of drug-likeness (QED) is 0.440. The second kappa shape index (κ2) is 8.31. The van der Waals surface area contributed by atoms with Crippen molar-refractivity contribution >= 4 is 16.8 Å². The third-order valence-corrected chi connectivity index (χ3v) is 6.76. The summed E-state index contributed by atoms with van der Waals surface area (Å²) in [7, 11) is 0. The molecule has 6 nitrogen and oxygen atoms in total. The predicted molar refractivity (Wildman–Crippen MR) is 120 cm³/mol. The van der Waals surface area contributed by atoms with Crippen LogP contribution in [0.4, 0.5) is 4.39 Å². The number of benzene rings is 2. The van der Waals surface area contributed by atoms with Crippen molar-refractivity contribution in [1.82, 2.24) is 14.9 Å². The van der Waals surface area contributed by atoms with Gasteiger partial charge in [0.05, 0.1) is 13.2 Å². The molecule has 0 bridgehead atoms. The molecule has 2 N–H and O–H groups in total. The number of carbonyl (C=O) groups excluding carboxylic acids is 1. The number of nitrogens with one attached hydrogen (secondary N) is 1. The zero-order chi connectivity index (χ0) is 22.3. The molecule has 0 radical (unpaired) electrons. The Labute approximate surface area is 186 Å². The highest BCUT2D eigenvalue weighted by Gasteiger charge is 2.43. The molecule has 168 valence electrons. The zero-order valence-corrected chi connectivity index (χ0v) is 18.2. The Balaban J connectivity index is 1.33. The van der Waals surface area contributed by atoms with Gasteiger partial charge < -0.3 is 9.30 Å². The Morgan fingerprint density at radius 2 is 1.91 bits per heavy atom. The van der Waals surface area contributed by atoms with Gasteiger partial charge in [-0.05, 0) is 42.7 Å². The van der Waals surface area contributed by atoms with Crippen LogP contribution in [0.25, 0.3) is 10.9 Å². The minimum atomic E-state index is -1.15. The number of halogens is 1. The number of nitrogens with zero attached hydrogens (tertiary/aromatic N) is 2. The van der Waals surface area contributed by atoms with Gasteiger partial charge in [-0.25, -0.2) is 9.87 Å². The average molecular weight is 438 g/mol. The summed E-state index contributed by atoms with van der Waals surface area (Å²) in [6.45, 7) is 5.86. The number of amides is 1. The lowest BCUT2D eigenvalue weighted by molar-refractivity contribution is -0.150. The van der Waals surface area contributed by atoms with Crippen molar-refractivity contribution in [3.05, 3.63) is 70.9 Å². The van der Waals surface area contributed by atoms with E-state index >= 15 is 0 Å². The SMILES string of the molecule is Cc1c(Cc2ccc(C(=O)NO)cc2)c2ccccc2n1CC1CN(CC2(F)COC2)C1. The van der Waals surface area contributed by atoms with Gasteiger partial charge in [0, 0.05) is 54.3 Å². The van der Waals surface area contributed by atoms with Gasteiger partial charge in [-0.1, -0.05) is 30.3 Å². The molecule has 2 aliphatic heterocycles. The van der Waals surface area contributed by atoms with E-state index in [1.807, 2.05) is 12.1 Å². The molecule has 0 spiro atoms. The molecule has 2 saturated heterocycles. The molecular weight excluding hydrogens is 409 g/mol. The molecule has 0 saturated carbocycles. The molecule has 7 heteroatoms. The summed E-state index contributed by atoms with van der Waals surface area (Å²) in [5.41, 5.74) is 5.80. The van der Waals surface area contributed by atoms with Crippen LogP contribution >= 0.6 is 0 Å². The molecule has 1 amide bonds. The number of rotatable bonds is 7. The molecule has 5 rings (SSSR count). The van der Waals surface area contributed by atoms with Gasteiger partial charge in [0.1, 0.15) is 0 Å². The maximum atomic E-state index is 14.3. The summed E-state index contributed by atoms with van der Waals surface area (Å²) in [5.74, 6) is 0.000574. The smallest absolute Gasteiger partial charge is 0.274 e. The van der Waals surface area contributed by atoms with E-state index in [1.54, 1.807) is 17.6 Å². The number of carbonyl (C=O) groups is 1. The van der Waals surface area contributed by atoms with Crippen molar-refractivity contribution in [2.75, 3.05) is 32.8 Å². The highest BCUT2D eigenvalue weighted by molar-refractivity contribution is 5.93. The highest BCUT2D eigenvalue weighted by Crippen LogP contribution is 2.32. The number of para-hydroxylation sites is 1. The van der Waals surface area contributed by atoms with Crippen LogP contribution in [0.3, 0.4) is 0 Å². The van der Waals surface area contributed by atoms with Gasteiger partial charge in [-0.3, -0.25) is 14.9 Å². The lowest BCUT2D eigenvalue weighted by atomic mass is 9.95. The Kier molecular flexibility index (Phi) is 5.49. The van der Waals surface area contributed by atoms with Crippen molar-refractivity contribution < 1.29 is 19.1 Å². The summed E-state index contributed by atoms with van der Waals surface area (Å²) < 4.78 is 21.7. The van der Waals surface area contributed by atoms with Gasteiger partial charge in [-0.2, -0.15) is 0 Å². The average Bonchev–Trinajstić information content (AvgIpc) is 3.02. The van der Waals surface area contributed by atoms with Crippen LogP contribution in [-0.2, 0) is 17.7 Å². The molecular formula is C25H28FN3O3. The van der Waals surface area contributed by atoms with Crippen molar-refractivity contribution in [2.45, 2.75) is 25.6 Å². The van der Waals surface area contributed by atoms with Crippen LogP contribution in [0, 0.1) is 12.8 Å². The third kappa shape index (κ3) is 3.92. The van der Waals surface area contributed by atoms with Crippen molar-refractivity contribution in [3.8, 4) is 0 Å². The molecule has 2 fully saturated rings. The monoisotopic (exact) mass is 437 g/mol. The maximum Gasteiger partial charge on any atom is 0.274 e. The second-order valence-electron chi connectivity index (χ2n) is 9.21. The number of alkyl halides is 1. The summed E-state index contributed by atoms with van der Waals surface area (Å²) in [6.07, 6.45) is 0.765. The Hall–Kier alpha value is -2.74. The maximum absolute atomic E-state index is 14.3. The Morgan fingerprint density at radius 1 is 1.19 bits per heavy atom. The summed E-state index contributed by atoms with van der Waals surface area (Å²) in [5, 5.41) is 10.0. The molecule has 3 heterocycles. The minimum absolute atomic E-state index is 0.227. The molecule has 32 heavy (non-hydrogen) atoms. The molecule has 1 aromatic heterocycles. The first kappa shape index (κ1) is 21.1. The van der Waals surface area contributed by atoms with Crippen LogP contribution < -0.4 is 5.48 Å². The van der Waals surface area contributed by atoms with Crippen molar-refractivity contribution in [2.24, 2.45) is 5.92 Å². The van der Waals surface area contributed by atoms with E-state index in [0.717, 1.165) is 31.6 Å². The molecule has 0 aliphatic carbocycles. The summed E-state index contributed by atoms with van der Waals surface area (Å²) in [6, 6.07) is 15.8. The molecule has 2 aromatic carbocycles. The van der Waals surface area contributed by atoms with E-state index < -0.39 is 11.6 Å². The second-order valence-corrected chi connectivity index (χ2v) is 9.21. The van der Waals surface area contributed by atoms with E-state index in [9.17, 15) is 9.18 Å². The zero-order valence-electron chi connectivity index (χ0n) is 18.2. The van der Waals surface area contributed by atoms with E-state index in [0.29, 0.717) is 18.0 Å². The van der Waals surface area contributed by atoms with E-state index in [-0.39, 0.29) is 13.2 Å². The first-order valence-corrected chi connectivity index (χ1v) is 11.0. The standard InChI is InChI=1S/C25H28FN3O3/c1-17-22(10-18-6-8-20(9-7-18)24(30)27-31)21-4-2-3-5-23(21)29(17)13-19-11-28(12-19)14-25(26)15-32-16-25/h2-9,19,31H,10-16H2,1H3,(H,27,30). The van der Waals surface area contributed by atoms with Crippen LogP contribution in [0.5, 0.6) is 0 Å². The number of likely N-dealkylation sites (tertiary alicyclic amines) is 1. The van der Waals surface area contributed by atoms with Crippen molar-refractivity contribution in [1.29, 1.82) is 0 Å². The third-order valence-electron chi connectivity index (χ3n) is 6.76. The number of fused-ring (bicyclic) bond motifs is 1. The van der Waals surface area contributed by atoms with Crippen LogP contribution in [0.1, 0.15) is 27.2 Å². The van der Waals surface area contributed by atoms with Crippen LogP contribution in [-0.4, -0.2) is 59.1 Å². The summed E-state index contributed by atoms with van der Waals surface area (Å²) in [4.78, 5) is 13.8. The lowest BCUT2D eigenvalue weighted by Crippen LogP contribution is -2.59. The van der Waals surface area contributed by atoms with Gasteiger partial charge in [0.25, 0.3) is 5.91 Å². The molecule has 3 aromatic rings. The fourth-order valence-electron chi connectivity index (χ4n) is 5.00. The Morgan fingerprint density at radius 3 is 2.56 bits per heavy atom. The van der Waals surface area contributed by atoms with Crippen LogP contribution in [0.2, 0.25) is 0 Å². The first-order chi connectivity index (χ1) is 15.5. The molecule has 0 atom stereocenters. The number of hydrogen-bond acceptors (Lipinski definition) is 4. The molecule has 0 unspecified atom stereocenters. The lowest BCUT2D eigenvalue weighted by Gasteiger charge is -2.45. The van der Waals surface area contributed by atoms with Gasteiger partial charge in [0.15, 0.2) is 5.67 Å². The number of aromatic nitrogens is 1. The van der Waals surface area contributed by atoms with Gasteiger partial charge in [-0.15, -0.1) is 0 Å². The fourth-order valence-corrected chi connectivity index (χ4v) is 5.00. The minimum Gasteiger partial charge on any atom is -0.375 e. The molecule has 2 aliphatic rings. The van der Waals surface area contributed by atoms with Crippen molar-refractivity contribution in [3.63, 3.8) is 0 Å². The number of ether oxygens (including phenoxy) is 1. The highest BCUT2D eigenvalue weighted by atomic mass is 19.1. The topological polar surface area (TPSA) is 66.7 Å². The van der Waals surface area contributed by atoms with E-state index in [2.05, 4.69) is 40.7 Å². The largest absolute Gasteiger partial charge is 0.375 e. The number of hydrogen-bond donors (Lipinski definition) is 2. The van der Waals surface area contributed by atoms with Gasteiger partial charge in [0.2, 0.25) is 0 Å². The number of hydroxylamine groups is 1. The fraction of sp³-hybridized carbons (Fsp3) is 0.400. The predicted octanol–water partition coefficient (Wildman–Crippen LogP) is 3.33. The van der Waals surface area contributed by atoms with Crippen LogP contribution in [0.15, 0.2) is 48.5 Å². The van der Waals surface area contributed by atoms with E-state index in [1.165, 1.54) is 22.2 Å². The first-order valence-electron chi connectivity index (χ1n) is 11.0. The normalized spacial score (nSPS) is 18.3.